The van der Waals surface area contributed by atoms with Gasteiger partial charge in [-0.05, 0) is 43.4 Å². The van der Waals surface area contributed by atoms with E-state index in [1.807, 2.05) is 30.3 Å². The lowest BCUT2D eigenvalue weighted by Crippen LogP contribution is -2.45. The summed E-state index contributed by atoms with van der Waals surface area (Å²) in [6, 6.07) is 13.8. The van der Waals surface area contributed by atoms with E-state index < -0.39 is 23.7 Å². The van der Waals surface area contributed by atoms with Crippen LogP contribution in [0.15, 0.2) is 54.6 Å². The van der Waals surface area contributed by atoms with Crippen molar-refractivity contribution >= 4 is 17.6 Å². The molecule has 2 aromatic rings. The molecule has 0 aromatic heterocycles. The number of hydrogen-bond acceptors (Lipinski definition) is 2. The minimum atomic E-state index is -4.58. The first kappa shape index (κ1) is 21.7. The SMILES string of the molecule is CCN(CC(=O)Nc1ccccc1C(F)(F)F)C(=O)NC(c1ccccc1)C1CC1. The van der Waals surface area contributed by atoms with Gasteiger partial charge in [0.15, 0.2) is 0 Å². The van der Waals surface area contributed by atoms with Crippen LogP contribution in [0.25, 0.3) is 0 Å². The predicted molar refractivity (Wildman–Crippen MR) is 108 cm³/mol. The molecule has 1 aliphatic carbocycles. The Hall–Kier alpha value is -3.03. The van der Waals surface area contributed by atoms with Gasteiger partial charge in [0.1, 0.15) is 6.54 Å². The average Bonchev–Trinajstić information content (AvgIpc) is 3.55. The second-order valence-corrected chi connectivity index (χ2v) is 7.28. The van der Waals surface area contributed by atoms with Crippen LogP contribution in [-0.2, 0) is 11.0 Å². The first-order valence-corrected chi connectivity index (χ1v) is 9.86. The Morgan fingerprint density at radius 2 is 1.70 bits per heavy atom. The van der Waals surface area contributed by atoms with Gasteiger partial charge >= 0.3 is 12.2 Å². The zero-order valence-electron chi connectivity index (χ0n) is 16.6. The lowest BCUT2D eigenvalue weighted by molar-refractivity contribution is -0.137. The molecule has 3 amide bonds. The molecule has 0 spiro atoms. The van der Waals surface area contributed by atoms with Crippen LogP contribution in [0.2, 0.25) is 0 Å². The van der Waals surface area contributed by atoms with Crippen molar-refractivity contribution in [3.05, 3.63) is 65.7 Å². The van der Waals surface area contributed by atoms with Gasteiger partial charge in [-0.25, -0.2) is 4.79 Å². The number of benzene rings is 2. The Bertz CT molecular complexity index is 883. The maximum atomic E-state index is 13.1. The largest absolute Gasteiger partial charge is 0.418 e. The minimum Gasteiger partial charge on any atom is -0.331 e. The Morgan fingerprint density at radius 3 is 2.30 bits per heavy atom. The van der Waals surface area contributed by atoms with Gasteiger partial charge in [0.2, 0.25) is 5.91 Å². The molecule has 0 radical (unpaired) electrons. The number of carbonyl (C=O) groups excluding carboxylic acids is 2. The molecule has 2 N–H and O–H groups in total. The van der Waals surface area contributed by atoms with Crippen LogP contribution in [0.3, 0.4) is 0 Å². The van der Waals surface area contributed by atoms with E-state index in [9.17, 15) is 22.8 Å². The zero-order chi connectivity index (χ0) is 21.7. The topological polar surface area (TPSA) is 61.4 Å². The monoisotopic (exact) mass is 419 g/mol. The summed E-state index contributed by atoms with van der Waals surface area (Å²) >= 11 is 0. The summed E-state index contributed by atoms with van der Waals surface area (Å²) in [5.41, 5.74) is -0.261. The van der Waals surface area contributed by atoms with Crippen LogP contribution in [-0.4, -0.2) is 29.9 Å². The highest BCUT2D eigenvalue weighted by Crippen LogP contribution is 2.41. The number of alkyl halides is 3. The fourth-order valence-corrected chi connectivity index (χ4v) is 3.32. The van der Waals surface area contributed by atoms with E-state index in [1.54, 1.807) is 6.92 Å². The van der Waals surface area contributed by atoms with Gasteiger partial charge in [-0.2, -0.15) is 13.2 Å². The third-order valence-corrected chi connectivity index (χ3v) is 5.04. The highest BCUT2D eigenvalue weighted by molar-refractivity contribution is 5.95. The first-order chi connectivity index (χ1) is 14.3. The molecule has 3 rings (SSSR count). The maximum absolute atomic E-state index is 13.1. The quantitative estimate of drug-likeness (QED) is 0.676. The standard InChI is InChI=1S/C22H24F3N3O2/c1-2-28(14-19(29)26-18-11-7-6-10-17(18)22(23,24)25)21(30)27-20(16-12-13-16)15-8-4-3-5-9-15/h3-11,16,20H,2,12-14H2,1H3,(H,26,29)(H,27,30). The summed E-state index contributed by atoms with van der Waals surface area (Å²) in [6.07, 6.45) is -2.56. The number of para-hydroxylation sites is 1. The van der Waals surface area contributed by atoms with Crippen molar-refractivity contribution in [2.24, 2.45) is 5.92 Å². The van der Waals surface area contributed by atoms with Crippen LogP contribution >= 0.6 is 0 Å². The molecule has 0 bridgehead atoms. The van der Waals surface area contributed by atoms with Gasteiger partial charge in [0.05, 0.1) is 17.3 Å². The molecule has 160 valence electrons. The number of rotatable bonds is 7. The molecule has 1 atom stereocenters. The van der Waals surface area contributed by atoms with Crippen molar-refractivity contribution in [1.29, 1.82) is 0 Å². The molecule has 5 nitrogen and oxygen atoms in total. The third kappa shape index (κ3) is 5.52. The minimum absolute atomic E-state index is 0.151. The summed E-state index contributed by atoms with van der Waals surface area (Å²) in [5, 5.41) is 5.25. The van der Waals surface area contributed by atoms with Gasteiger partial charge in [-0.15, -0.1) is 0 Å². The van der Waals surface area contributed by atoms with E-state index in [2.05, 4.69) is 10.6 Å². The van der Waals surface area contributed by atoms with E-state index in [0.29, 0.717) is 5.92 Å². The van der Waals surface area contributed by atoms with Crippen LogP contribution in [0.5, 0.6) is 0 Å². The number of urea groups is 1. The normalized spacial score (nSPS) is 14.7. The Morgan fingerprint density at radius 1 is 1.07 bits per heavy atom. The molecular formula is C22H24F3N3O2. The molecule has 1 saturated carbocycles. The van der Waals surface area contributed by atoms with Crippen molar-refractivity contribution < 1.29 is 22.8 Å². The van der Waals surface area contributed by atoms with Gasteiger partial charge in [-0.1, -0.05) is 42.5 Å². The van der Waals surface area contributed by atoms with E-state index in [1.165, 1.54) is 23.1 Å². The molecule has 2 aromatic carbocycles. The van der Waals surface area contributed by atoms with Crippen LogP contribution in [0, 0.1) is 5.92 Å². The molecule has 8 heteroatoms. The molecule has 0 saturated heterocycles. The number of nitrogens with one attached hydrogen (secondary N) is 2. The number of anilines is 1. The second-order valence-electron chi connectivity index (χ2n) is 7.28. The summed E-state index contributed by atoms with van der Waals surface area (Å²) in [6.45, 7) is 1.61. The van der Waals surface area contributed by atoms with Gasteiger partial charge in [0, 0.05) is 6.54 Å². The Labute approximate surface area is 173 Å². The summed E-state index contributed by atoms with van der Waals surface area (Å²) in [4.78, 5) is 26.4. The average molecular weight is 419 g/mol. The van der Waals surface area contributed by atoms with Crippen LogP contribution < -0.4 is 10.6 Å². The number of halogens is 3. The number of carbonyl (C=O) groups is 2. The van der Waals surface area contributed by atoms with Crippen LogP contribution in [0.1, 0.15) is 36.9 Å². The summed E-state index contributed by atoms with van der Waals surface area (Å²) < 4.78 is 39.3. The fraction of sp³-hybridized carbons (Fsp3) is 0.364. The van der Waals surface area contributed by atoms with E-state index in [4.69, 9.17) is 0 Å². The summed E-state index contributed by atoms with van der Waals surface area (Å²) in [7, 11) is 0. The number of amides is 3. The lowest BCUT2D eigenvalue weighted by atomic mass is 10.0. The van der Waals surface area contributed by atoms with Gasteiger partial charge < -0.3 is 15.5 Å². The molecular weight excluding hydrogens is 395 g/mol. The van der Waals surface area contributed by atoms with Crippen molar-refractivity contribution in [3.8, 4) is 0 Å². The van der Waals surface area contributed by atoms with Crippen molar-refractivity contribution in [2.75, 3.05) is 18.4 Å². The number of nitrogens with zero attached hydrogens (tertiary/aromatic N) is 1. The van der Waals surface area contributed by atoms with Crippen molar-refractivity contribution in [3.63, 3.8) is 0 Å². The first-order valence-electron chi connectivity index (χ1n) is 9.86. The van der Waals surface area contributed by atoms with Crippen molar-refractivity contribution in [1.82, 2.24) is 10.2 Å². The number of hydrogen-bond donors (Lipinski definition) is 2. The molecule has 1 fully saturated rings. The maximum Gasteiger partial charge on any atom is 0.418 e. The van der Waals surface area contributed by atoms with Gasteiger partial charge in [0.25, 0.3) is 0 Å². The number of likely N-dealkylation sites (N-methyl/N-ethyl adjacent to an activating group) is 1. The smallest absolute Gasteiger partial charge is 0.331 e. The van der Waals surface area contributed by atoms with Crippen molar-refractivity contribution in [2.45, 2.75) is 32.0 Å². The zero-order valence-corrected chi connectivity index (χ0v) is 16.6. The third-order valence-electron chi connectivity index (χ3n) is 5.04. The van der Waals surface area contributed by atoms with Gasteiger partial charge in [-0.3, -0.25) is 4.79 Å². The molecule has 0 aliphatic heterocycles. The Kier molecular flexibility index (Phi) is 6.64. The fourth-order valence-electron chi connectivity index (χ4n) is 3.32. The second kappa shape index (κ2) is 9.19. The molecule has 30 heavy (non-hydrogen) atoms. The molecule has 0 heterocycles. The van der Waals surface area contributed by atoms with E-state index >= 15 is 0 Å². The predicted octanol–water partition coefficient (Wildman–Crippen LogP) is 4.83. The molecule has 1 aliphatic rings. The highest BCUT2D eigenvalue weighted by atomic mass is 19.4. The summed E-state index contributed by atoms with van der Waals surface area (Å²) in [5.74, 6) is -0.339. The van der Waals surface area contributed by atoms with E-state index in [0.717, 1.165) is 24.5 Å². The Balaban J connectivity index is 1.65. The lowest BCUT2D eigenvalue weighted by Gasteiger charge is -2.26. The van der Waals surface area contributed by atoms with Crippen LogP contribution in [0.4, 0.5) is 23.7 Å². The highest BCUT2D eigenvalue weighted by Gasteiger charge is 2.35. The van der Waals surface area contributed by atoms with E-state index in [-0.39, 0.29) is 24.8 Å². The molecule has 1 unspecified atom stereocenters.